The molecule has 2 aromatic carbocycles. The van der Waals surface area contributed by atoms with Gasteiger partial charge in [-0.25, -0.2) is 0 Å². The predicted octanol–water partition coefficient (Wildman–Crippen LogP) is 5.83. The van der Waals surface area contributed by atoms with E-state index < -0.39 is 0 Å². The van der Waals surface area contributed by atoms with Crippen molar-refractivity contribution in [3.05, 3.63) is 81.5 Å². The molecule has 0 saturated carbocycles. The van der Waals surface area contributed by atoms with Crippen molar-refractivity contribution >= 4 is 35.0 Å². The summed E-state index contributed by atoms with van der Waals surface area (Å²) in [6.07, 6.45) is 0.637. The van der Waals surface area contributed by atoms with E-state index >= 15 is 0 Å². The molecule has 5 heteroatoms. The molecule has 0 unspecified atom stereocenters. The van der Waals surface area contributed by atoms with Crippen molar-refractivity contribution in [3.8, 4) is 0 Å². The zero-order valence-electron chi connectivity index (χ0n) is 12.5. The summed E-state index contributed by atoms with van der Waals surface area (Å²) in [5.41, 5.74) is 3.11. The van der Waals surface area contributed by atoms with Gasteiger partial charge in [0.1, 0.15) is 5.03 Å². The SMILES string of the molecule is Cc1ccc(Sc2ccc(Cc3ccc(Cl)cc3Cl)nn2)cc1. The number of rotatable bonds is 4. The van der Waals surface area contributed by atoms with Gasteiger partial charge in [0, 0.05) is 21.4 Å². The molecule has 23 heavy (non-hydrogen) atoms. The quantitative estimate of drug-likeness (QED) is 0.584. The van der Waals surface area contributed by atoms with Gasteiger partial charge in [-0.1, -0.05) is 58.7 Å². The second kappa shape index (κ2) is 7.35. The second-order valence-corrected chi connectivity index (χ2v) is 7.13. The van der Waals surface area contributed by atoms with E-state index in [1.165, 1.54) is 5.56 Å². The molecular weight excluding hydrogens is 347 g/mol. The number of benzene rings is 2. The third-order valence-electron chi connectivity index (χ3n) is 3.33. The van der Waals surface area contributed by atoms with Gasteiger partial charge in [0.15, 0.2) is 0 Å². The molecule has 2 nitrogen and oxygen atoms in total. The van der Waals surface area contributed by atoms with Gasteiger partial charge in [0.2, 0.25) is 0 Å². The maximum Gasteiger partial charge on any atom is 0.124 e. The van der Waals surface area contributed by atoms with Crippen LogP contribution in [0.25, 0.3) is 0 Å². The first-order valence-corrected chi connectivity index (χ1v) is 8.68. The summed E-state index contributed by atoms with van der Waals surface area (Å²) in [6.45, 7) is 2.07. The van der Waals surface area contributed by atoms with Crippen LogP contribution in [0.2, 0.25) is 10.0 Å². The Labute approximate surface area is 149 Å². The van der Waals surface area contributed by atoms with Crippen LogP contribution in [0.1, 0.15) is 16.8 Å². The number of hydrogen-bond donors (Lipinski definition) is 0. The Balaban J connectivity index is 1.70. The Bertz CT molecular complexity index is 802. The topological polar surface area (TPSA) is 25.8 Å². The minimum atomic E-state index is 0.634. The highest BCUT2D eigenvalue weighted by Gasteiger charge is 2.05. The molecule has 0 aliphatic heterocycles. The summed E-state index contributed by atoms with van der Waals surface area (Å²) in [6, 6.07) is 17.8. The van der Waals surface area contributed by atoms with Crippen molar-refractivity contribution in [3.63, 3.8) is 0 Å². The zero-order chi connectivity index (χ0) is 16.2. The first-order valence-electron chi connectivity index (χ1n) is 7.11. The number of halogens is 2. The van der Waals surface area contributed by atoms with Gasteiger partial charge in [0.25, 0.3) is 0 Å². The van der Waals surface area contributed by atoms with Gasteiger partial charge in [0.05, 0.1) is 5.69 Å². The normalized spacial score (nSPS) is 10.7. The number of hydrogen-bond acceptors (Lipinski definition) is 3. The highest BCUT2D eigenvalue weighted by molar-refractivity contribution is 7.99. The molecule has 0 saturated heterocycles. The van der Waals surface area contributed by atoms with Crippen LogP contribution in [0, 0.1) is 6.92 Å². The fraction of sp³-hybridized carbons (Fsp3) is 0.111. The summed E-state index contributed by atoms with van der Waals surface area (Å²) in [4.78, 5) is 1.15. The molecule has 0 bridgehead atoms. The number of aryl methyl sites for hydroxylation is 1. The smallest absolute Gasteiger partial charge is 0.124 e. The van der Waals surface area contributed by atoms with E-state index in [1.54, 1.807) is 17.8 Å². The number of nitrogens with zero attached hydrogens (tertiary/aromatic N) is 2. The van der Waals surface area contributed by atoms with Crippen molar-refractivity contribution in [2.45, 2.75) is 23.3 Å². The average Bonchev–Trinajstić information content (AvgIpc) is 2.54. The fourth-order valence-corrected chi connectivity index (χ4v) is 3.29. The van der Waals surface area contributed by atoms with Crippen LogP contribution in [-0.4, -0.2) is 10.2 Å². The van der Waals surface area contributed by atoms with Crippen molar-refractivity contribution in [2.75, 3.05) is 0 Å². The van der Waals surface area contributed by atoms with E-state index in [2.05, 4.69) is 41.4 Å². The second-order valence-electron chi connectivity index (χ2n) is 5.19. The van der Waals surface area contributed by atoms with E-state index in [4.69, 9.17) is 23.2 Å². The van der Waals surface area contributed by atoms with Crippen molar-refractivity contribution in [1.29, 1.82) is 0 Å². The molecule has 0 spiro atoms. The van der Waals surface area contributed by atoms with Crippen LogP contribution < -0.4 is 0 Å². The van der Waals surface area contributed by atoms with Crippen molar-refractivity contribution < 1.29 is 0 Å². The first kappa shape index (κ1) is 16.3. The molecule has 0 aliphatic rings. The summed E-state index contributed by atoms with van der Waals surface area (Å²) >= 11 is 13.7. The molecule has 1 heterocycles. The molecule has 0 atom stereocenters. The fourth-order valence-electron chi connectivity index (χ4n) is 2.08. The van der Waals surface area contributed by atoms with E-state index in [0.29, 0.717) is 16.5 Å². The summed E-state index contributed by atoms with van der Waals surface area (Å²) in [7, 11) is 0. The zero-order valence-corrected chi connectivity index (χ0v) is 14.8. The lowest BCUT2D eigenvalue weighted by molar-refractivity contribution is 0.869. The molecule has 0 amide bonds. The Morgan fingerprint density at radius 1 is 0.913 bits per heavy atom. The molecule has 116 valence electrons. The highest BCUT2D eigenvalue weighted by Crippen LogP contribution is 2.26. The van der Waals surface area contributed by atoms with Crippen LogP contribution in [-0.2, 0) is 6.42 Å². The molecular formula is C18H14Cl2N2S. The molecule has 0 fully saturated rings. The van der Waals surface area contributed by atoms with E-state index in [9.17, 15) is 0 Å². The van der Waals surface area contributed by atoms with Crippen LogP contribution in [0.4, 0.5) is 0 Å². The van der Waals surface area contributed by atoms with Gasteiger partial charge in [-0.2, -0.15) is 5.10 Å². The standard InChI is InChI=1S/C18H14Cl2N2S/c1-12-2-7-16(8-3-12)23-18-9-6-15(21-22-18)10-13-4-5-14(19)11-17(13)20/h2-9,11H,10H2,1H3. The van der Waals surface area contributed by atoms with E-state index in [-0.39, 0.29) is 0 Å². The van der Waals surface area contributed by atoms with Crippen LogP contribution >= 0.6 is 35.0 Å². The molecule has 0 radical (unpaired) electrons. The maximum atomic E-state index is 6.19. The summed E-state index contributed by atoms with van der Waals surface area (Å²) in [5, 5.41) is 10.7. The third-order valence-corrected chi connectivity index (χ3v) is 4.85. The van der Waals surface area contributed by atoms with Crippen molar-refractivity contribution in [1.82, 2.24) is 10.2 Å². The first-order chi connectivity index (χ1) is 11.1. The minimum absolute atomic E-state index is 0.634. The Morgan fingerprint density at radius 3 is 2.35 bits per heavy atom. The lowest BCUT2D eigenvalue weighted by Gasteiger charge is -2.05. The summed E-state index contributed by atoms with van der Waals surface area (Å²) in [5.74, 6) is 0. The average molecular weight is 361 g/mol. The van der Waals surface area contributed by atoms with Crippen molar-refractivity contribution in [2.24, 2.45) is 0 Å². The Morgan fingerprint density at radius 2 is 1.70 bits per heavy atom. The largest absolute Gasteiger partial charge is 0.154 e. The third kappa shape index (κ3) is 4.47. The molecule has 3 rings (SSSR count). The lowest BCUT2D eigenvalue weighted by atomic mass is 10.1. The van der Waals surface area contributed by atoms with Crippen LogP contribution in [0.5, 0.6) is 0 Å². The van der Waals surface area contributed by atoms with Gasteiger partial charge in [-0.05, 0) is 48.9 Å². The molecule has 3 aromatic rings. The van der Waals surface area contributed by atoms with Crippen LogP contribution in [0.15, 0.2) is 64.5 Å². The van der Waals surface area contributed by atoms with E-state index in [1.807, 2.05) is 24.3 Å². The minimum Gasteiger partial charge on any atom is -0.154 e. The number of aromatic nitrogens is 2. The van der Waals surface area contributed by atoms with E-state index in [0.717, 1.165) is 21.2 Å². The van der Waals surface area contributed by atoms with Gasteiger partial charge in [-0.15, -0.1) is 5.10 Å². The molecule has 0 N–H and O–H groups in total. The Hall–Kier alpha value is -1.55. The van der Waals surface area contributed by atoms with Gasteiger partial charge in [-0.3, -0.25) is 0 Å². The monoisotopic (exact) mass is 360 g/mol. The van der Waals surface area contributed by atoms with Crippen LogP contribution in [0.3, 0.4) is 0 Å². The molecule has 1 aromatic heterocycles. The van der Waals surface area contributed by atoms with Gasteiger partial charge >= 0.3 is 0 Å². The molecule has 0 aliphatic carbocycles. The summed E-state index contributed by atoms with van der Waals surface area (Å²) < 4.78 is 0. The predicted molar refractivity (Wildman–Crippen MR) is 96.6 cm³/mol. The lowest BCUT2D eigenvalue weighted by Crippen LogP contribution is -1.96. The Kier molecular flexibility index (Phi) is 5.21. The highest BCUT2D eigenvalue weighted by atomic mass is 35.5. The van der Waals surface area contributed by atoms with Gasteiger partial charge < -0.3 is 0 Å². The maximum absolute atomic E-state index is 6.19.